The van der Waals surface area contributed by atoms with Crippen molar-refractivity contribution in [2.75, 3.05) is 9.80 Å². The third kappa shape index (κ3) is 7.64. The smallest absolute Gasteiger partial charge is 0.338 e. The number of urea groups is 1. The summed E-state index contributed by atoms with van der Waals surface area (Å²) in [6, 6.07) is 38.7. The number of amides is 2. The Morgan fingerprint density at radius 3 is 1.15 bits per heavy atom. The average molecular weight is 673 g/mol. The van der Waals surface area contributed by atoms with Crippen molar-refractivity contribution < 1.29 is 14.3 Å². The highest BCUT2D eigenvalue weighted by molar-refractivity contribution is 7.11. The number of anilines is 4. The van der Waals surface area contributed by atoms with Crippen molar-refractivity contribution in [3.05, 3.63) is 142 Å². The van der Waals surface area contributed by atoms with Crippen LogP contribution in [0.5, 0.6) is 23.0 Å². The van der Waals surface area contributed by atoms with Crippen LogP contribution in [0.1, 0.15) is 51.3 Å². The van der Waals surface area contributed by atoms with E-state index in [0.717, 1.165) is 22.9 Å². The largest absolute Gasteiger partial charge is 0.457 e. The molecule has 2 aromatic heterocycles. The van der Waals surface area contributed by atoms with Crippen LogP contribution >= 0.6 is 22.7 Å². The highest BCUT2D eigenvalue weighted by atomic mass is 32.1. The summed E-state index contributed by atoms with van der Waals surface area (Å²) in [6.07, 6.45) is 0. The van der Waals surface area contributed by atoms with E-state index in [1.807, 2.05) is 114 Å². The molecule has 0 atom stereocenters. The van der Waals surface area contributed by atoms with E-state index in [9.17, 15) is 0 Å². The zero-order valence-electron chi connectivity index (χ0n) is 28.1. The molecule has 0 aliphatic rings. The minimum absolute atomic E-state index is 0.0499. The molecular formula is C41H40N2O3S2. The maximum Gasteiger partial charge on any atom is 0.338 e. The Labute approximate surface area is 291 Å². The Bertz CT molecular complexity index is 1810. The third-order valence-corrected chi connectivity index (χ3v) is 10.4. The number of rotatable bonds is 8. The van der Waals surface area contributed by atoms with Crippen molar-refractivity contribution in [2.45, 2.75) is 52.4 Å². The van der Waals surface area contributed by atoms with Gasteiger partial charge in [-0.1, -0.05) is 77.9 Å². The van der Waals surface area contributed by atoms with Crippen LogP contribution in [-0.2, 0) is 10.8 Å². The number of hydrogen-bond acceptors (Lipinski definition) is 5. The summed E-state index contributed by atoms with van der Waals surface area (Å²) in [5.41, 5.74) is 2.99. The maximum atomic E-state index is 15.1. The fraction of sp³-hybridized carbons (Fsp3) is 0.195. The van der Waals surface area contributed by atoms with Gasteiger partial charge >= 0.3 is 6.03 Å². The second-order valence-electron chi connectivity index (χ2n) is 13.6. The van der Waals surface area contributed by atoms with E-state index in [1.54, 1.807) is 27.6 Å². The summed E-state index contributed by atoms with van der Waals surface area (Å²) in [6.45, 7) is 13.2. The number of ether oxygens (including phenoxy) is 2. The molecule has 6 rings (SSSR count). The van der Waals surface area contributed by atoms with E-state index in [2.05, 4.69) is 64.4 Å². The summed E-state index contributed by atoms with van der Waals surface area (Å²) in [7, 11) is 0. The van der Waals surface area contributed by atoms with Gasteiger partial charge in [-0.2, -0.15) is 0 Å². The maximum absolute atomic E-state index is 15.1. The Morgan fingerprint density at radius 2 is 0.812 bits per heavy atom. The van der Waals surface area contributed by atoms with Gasteiger partial charge in [0.05, 0.1) is 22.7 Å². The number of nitrogens with zero attached hydrogens (tertiary/aromatic N) is 2. The number of thiophene rings is 2. The van der Waals surface area contributed by atoms with Crippen LogP contribution in [-0.4, -0.2) is 6.03 Å². The van der Waals surface area contributed by atoms with Gasteiger partial charge in [-0.3, -0.25) is 9.80 Å². The Hall–Kier alpha value is -4.85. The molecule has 0 radical (unpaired) electrons. The van der Waals surface area contributed by atoms with Gasteiger partial charge in [-0.05, 0) is 95.8 Å². The first-order valence-electron chi connectivity index (χ1n) is 15.9. The molecule has 0 saturated carbocycles. The van der Waals surface area contributed by atoms with Crippen molar-refractivity contribution in [1.82, 2.24) is 0 Å². The van der Waals surface area contributed by atoms with Crippen molar-refractivity contribution in [3.63, 3.8) is 0 Å². The highest BCUT2D eigenvalue weighted by Crippen LogP contribution is 2.42. The summed E-state index contributed by atoms with van der Waals surface area (Å²) in [4.78, 5) is 21.1. The quantitative estimate of drug-likeness (QED) is 0.162. The monoisotopic (exact) mass is 672 g/mol. The minimum Gasteiger partial charge on any atom is -0.457 e. The number of para-hydroxylation sites is 2. The zero-order chi connectivity index (χ0) is 33.9. The highest BCUT2D eigenvalue weighted by Gasteiger charge is 2.31. The van der Waals surface area contributed by atoms with Crippen LogP contribution in [0.3, 0.4) is 0 Å². The van der Waals surface area contributed by atoms with Crippen LogP contribution in [0, 0.1) is 0 Å². The van der Waals surface area contributed by atoms with Gasteiger partial charge < -0.3 is 9.47 Å². The first kappa shape index (κ1) is 33.1. The number of carbonyl (C=O) groups excluding carboxylic acids is 1. The molecule has 7 heteroatoms. The summed E-state index contributed by atoms with van der Waals surface area (Å²) in [5.74, 6) is 2.86. The first-order valence-corrected chi connectivity index (χ1v) is 17.7. The van der Waals surface area contributed by atoms with Gasteiger partial charge in [0.15, 0.2) is 0 Å². The van der Waals surface area contributed by atoms with E-state index in [-0.39, 0.29) is 16.9 Å². The molecule has 6 aromatic rings. The number of hydrogen-bond donors (Lipinski definition) is 0. The van der Waals surface area contributed by atoms with Crippen LogP contribution in [0.2, 0.25) is 0 Å². The second kappa shape index (κ2) is 13.7. The third-order valence-electron chi connectivity index (χ3n) is 7.70. The normalized spacial score (nSPS) is 11.6. The summed E-state index contributed by atoms with van der Waals surface area (Å²) >= 11 is 3.35. The molecule has 4 aromatic carbocycles. The molecule has 244 valence electrons. The van der Waals surface area contributed by atoms with Crippen molar-refractivity contribution in [3.8, 4) is 23.0 Å². The lowest BCUT2D eigenvalue weighted by Gasteiger charge is -2.30. The van der Waals surface area contributed by atoms with Crippen molar-refractivity contribution >= 4 is 51.5 Å². The first-order chi connectivity index (χ1) is 23.0. The lowest BCUT2D eigenvalue weighted by molar-refractivity contribution is 0.255. The van der Waals surface area contributed by atoms with Gasteiger partial charge in [0.2, 0.25) is 0 Å². The van der Waals surface area contributed by atoms with Gasteiger partial charge in [0, 0.05) is 20.5 Å². The summed E-state index contributed by atoms with van der Waals surface area (Å²) < 4.78 is 12.2. The topological polar surface area (TPSA) is 42.0 Å². The molecule has 0 bridgehead atoms. The standard InChI is InChI=1S/C41H40N2O3S2/c1-40(2,3)37-25-31(27-47-37)43(32-26-38(48-28-32)41(4,5)6)39(44)42(29-17-21-35(22-18-29)45-33-13-9-7-10-14-33)30-19-23-36(24-20-30)46-34-15-11-8-12-16-34/h7-28H,1-6H3. The molecule has 0 spiro atoms. The molecule has 2 amide bonds. The molecule has 0 aliphatic carbocycles. The van der Waals surface area contributed by atoms with E-state index in [4.69, 9.17) is 9.47 Å². The fourth-order valence-electron chi connectivity index (χ4n) is 5.09. The van der Waals surface area contributed by atoms with Crippen LogP contribution in [0.4, 0.5) is 27.5 Å². The molecule has 0 saturated heterocycles. The van der Waals surface area contributed by atoms with Crippen LogP contribution in [0.15, 0.2) is 132 Å². The van der Waals surface area contributed by atoms with Gasteiger partial charge in [0.25, 0.3) is 0 Å². The van der Waals surface area contributed by atoms with Crippen LogP contribution < -0.4 is 19.3 Å². The Kier molecular flexibility index (Phi) is 9.45. The number of carbonyl (C=O) groups is 1. The van der Waals surface area contributed by atoms with E-state index >= 15 is 4.79 Å². The SMILES string of the molecule is CC(C)(C)c1cc(N(C(=O)N(c2ccc(Oc3ccccc3)cc2)c2ccc(Oc3ccccc3)cc2)c2csc(C(C)(C)C)c2)cs1. The van der Waals surface area contributed by atoms with Crippen molar-refractivity contribution in [2.24, 2.45) is 0 Å². The molecule has 0 N–H and O–H groups in total. The van der Waals surface area contributed by atoms with Crippen molar-refractivity contribution in [1.29, 1.82) is 0 Å². The molecular weight excluding hydrogens is 633 g/mol. The predicted octanol–water partition coefficient (Wildman–Crippen LogP) is 13.1. The van der Waals surface area contributed by atoms with E-state index < -0.39 is 0 Å². The summed E-state index contributed by atoms with van der Waals surface area (Å²) in [5, 5.41) is 4.16. The van der Waals surface area contributed by atoms with Gasteiger partial charge in [0.1, 0.15) is 23.0 Å². The molecule has 0 unspecified atom stereocenters. The molecule has 5 nitrogen and oxygen atoms in total. The number of benzene rings is 4. The van der Waals surface area contributed by atoms with E-state index in [1.165, 1.54) is 9.75 Å². The molecule has 0 aliphatic heterocycles. The lowest BCUT2D eigenvalue weighted by Crippen LogP contribution is -2.38. The predicted molar refractivity (Wildman–Crippen MR) is 202 cm³/mol. The molecule has 0 fully saturated rings. The molecule has 48 heavy (non-hydrogen) atoms. The van der Waals surface area contributed by atoms with Gasteiger partial charge in [-0.25, -0.2) is 4.79 Å². The average Bonchev–Trinajstić information content (AvgIpc) is 3.76. The minimum atomic E-state index is -0.194. The Balaban J connectivity index is 1.42. The van der Waals surface area contributed by atoms with E-state index in [0.29, 0.717) is 22.9 Å². The zero-order valence-corrected chi connectivity index (χ0v) is 29.8. The fourth-order valence-corrected chi connectivity index (χ4v) is 7.02. The molecule has 2 heterocycles. The second-order valence-corrected chi connectivity index (χ2v) is 15.4. The lowest BCUT2D eigenvalue weighted by atomic mass is 9.94. The Morgan fingerprint density at radius 1 is 0.479 bits per heavy atom. The van der Waals surface area contributed by atoms with Crippen LogP contribution in [0.25, 0.3) is 0 Å². The van der Waals surface area contributed by atoms with Gasteiger partial charge in [-0.15, -0.1) is 22.7 Å².